The zero-order chi connectivity index (χ0) is 13.8. The first-order chi connectivity index (χ1) is 8.28. The molecule has 1 heterocycles. The molecule has 1 saturated heterocycles. The molecule has 0 spiro atoms. The molecule has 104 valence electrons. The zero-order valence-electron chi connectivity index (χ0n) is 11.6. The van der Waals surface area contributed by atoms with E-state index in [0.29, 0.717) is 0 Å². The Kier molecular flexibility index (Phi) is 5.14. The minimum absolute atomic E-state index is 0.0879. The van der Waals surface area contributed by atoms with Gasteiger partial charge in [-0.05, 0) is 40.0 Å². The van der Waals surface area contributed by atoms with Crippen LogP contribution in [-0.2, 0) is 19.1 Å². The number of esters is 1. The van der Waals surface area contributed by atoms with Crippen LogP contribution in [0.15, 0.2) is 0 Å². The highest BCUT2D eigenvalue weighted by Crippen LogP contribution is 2.20. The molecular weight excluding hydrogens is 234 g/mol. The van der Waals surface area contributed by atoms with Crippen LogP contribution in [-0.4, -0.2) is 36.2 Å². The van der Waals surface area contributed by atoms with Crippen molar-refractivity contribution in [2.75, 3.05) is 6.61 Å². The second-order valence-corrected chi connectivity index (χ2v) is 5.72. The molecule has 5 nitrogen and oxygen atoms in total. The van der Waals surface area contributed by atoms with Gasteiger partial charge in [-0.2, -0.15) is 0 Å². The summed E-state index contributed by atoms with van der Waals surface area (Å²) in [6, 6.07) is 0. The van der Waals surface area contributed by atoms with Gasteiger partial charge in [-0.25, -0.2) is 0 Å². The zero-order valence-corrected chi connectivity index (χ0v) is 11.6. The Morgan fingerprint density at radius 3 is 2.56 bits per heavy atom. The van der Waals surface area contributed by atoms with Gasteiger partial charge in [0.2, 0.25) is 5.91 Å². The van der Waals surface area contributed by atoms with Crippen molar-refractivity contribution in [3.05, 3.63) is 0 Å². The first-order valence-electron chi connectivity index (χ1n) is 6.39. The average molecular weight is 257 g/mol. The Labute approximate surface area is 108 Å². The molecule has 0 aromatic rings. The van der Waals surface area contributed by atoms with Crippen LogP contribution >= 0.6 is 0 Å². The van der Waals surface area contributed by atoms with Crippen molar-refractivity contribution in [1.29, 1.82) is 0 Å². The van der Waals surface area contributed by atoms with E-state index in [1.165, 1.54) is 6.92 Å². The summed E-state index contributed by atoms with van der Waals surface area (Å²) in [5.74, 6) is -0.408. The topological polar surface area (TPSA) is 64.6 Å². The SMILES string of the molecule is CC(=O)OCC1CCCC(C(=O)NC(C)(C)C)O1. The normalized spacial score (nSPS) is 24.4. The maximum atomic E-state index is 12.0. The van der Waals surface area contributed by atoms with E-state index in [-0.39, 0.29) is 30.1 Å². The molecule has 2 unspecified atom stereocenters. The van der Waals surface area contributed by atoms with E-state index < -0.39 is 6.10 Å². The van der Waals surface area contributed by atoms with Crippen LogP contribution in [0.25, 0.3) is 0 Å². The molecule has 1 aliphatic heterocycles. The molecule has 2 atom stereocenters. The molecule has 1 fully saturated rings. The van der Waals surface area contributed by atoms with E-state index in [4.69, 9.17) is 9.47 Å². The highest BCUT2D eigenvalue weighted by atomic mass is 16.6. The summed E-state index contributed by atoms with van der Waals surface area (Å²) in [6.45, 7) is 7.40. The fourth-order valence-electron chi connectivity index (χ4n) is 1.88. The number of carbonyl (C=O) groups is 2. The van der Waals surface area contributed by atoms with Crippen molar-refractivity contribution >= 4 is 11.9 Å². The quantitative estimate of drug-likeness (QED) is 0.776. The molecule has 0 aromatic heterocycles. The Morgan fingerprint density at radius 1 is 1.33 bits per heavy atom. The van der Waals surface area contributed by atoms with Crippen LogP contribution < -0.4 is 5.32 Å². The van der Waals surface area contributed by atoms with Gasteiger partial charge in [0.05, 0.1) is 6.10 Å². The number of rotatable bonds is 3. The van der Waals surface area contributed by atoms with Crippen molar-refractivity contribution in [3.8, 4) is 0 Å². The minimum atomic E-state index is -0.432. The van der Waals surface area contributed by atoms with Crippen LogP contribution in [0, 0.1) is 0 Å². The third-order valence-electron chi connectivity index (χ3n) is 2.61. The van der Waals surface area contributed by atoms with Gasteiger partial charge in [0, 0.05) is 12.5 Å². The van der Waals surface area contributed by atoms with Gasteiger partial charge in [-0.1, -0.05) is 0 Å². The van der Waals surface area contributed by atoms with Gasteiger partial charge in [-0.15, -0.1) is 0 Å². The molecule has 18 heavy (non-hydrogen) atoms. The van der Waals surface area contributed by atoms with Crippen molar-refractivity contribution in [3.63, 3.8) is 0 Å². The molecular formula is C13H23NO4. The molecule has 1 rings (SSSR count). The Bertz CT molecular complexity index is 309. The van der Waals surface area contributed by atoms with Crippen LogP contribution in [0.2, 0.25) is 0 Å². The summed E-state index contributed by atoms with van der Waals surface area (Å²) in [7, 11) is 0. The van der Waals surface area contributed by atoms with Gasteiger partial charge < -0.3 is 14.8 Å². The van der Waals surface area contributed by atoms with Gasteiger partial charge in [0.15, 0.2) is 0 Å². The van der Waals surface area contributed by atoms with Crippen LogP contribution in [0.1, 0.15) is 47.0 Å². The van der Waals surface area contributed by atoms with E-state index >= 15 is 0 Å². The van der Waals surface area contributed by atoms with Crippen LogP contribution in [0.3, 0.4) is 0 Å². The fourth-order valence-corrected chi connectivity index (χ4v) is 1.88. The summed E-state index contributed by atoms with van der Waals surface area (Å²) < 4.78 is 10.6. The molecule has 0 radical (unpaired) electrons. The maximum Gasteiger partial charge on any atom is 0.302 e. The van der Waals surface area contributed by atoms with Crippen molar-refractivity contribution in [2.45, 2.75) is 64.7 Å². The first-order valence-corrected chi connectivity index (χ1v) is 6.39. The van der Waals surface area contributed by atoms with Crippen molar-refractivity contribution in [1.82, 2.24) is 5.32 Å². The summed E-state index contributed by atoms with van der Waals surface area (Å²) in [4.78, 5) is 22.7. The minimum Gasteiger partial charge on any atom is -0.463 e. The lowest BCUT2D eigenvalue weighted by molar-refractivity contribution is -0.155. The van der Waals surface area contributed by atoms with Crippen LogP contribution in [0.4, 0.5) is 0 Å². The molecule has 1 aliphatic rings. The number of nitrogens with one attached hydrogen (secondary N) is 1. The largest absolute Gasteiger partial charge is 0.463 e. The third kappa shape index (κ3) is 5.49. The van der Waals surface area contributed by atoms with Gasteiger partial charge in [-0.3, -0.25) is 9.59 Å². The van der Waals surface area contributed by atoms with Gasteiger partial charge >= 0.3 is 5.97 Å². The fraction of sp³-hybridized carbons (Fsp3) is 0.846. The lowest BCUT2D eigenvalue weighted by Crippen LogP contribution is -2.49. The van der Waals surface area contributed by atoms with E-state index in [2.05, 4.69) is 5.32 Å². The number of carbonyl (C=O) groups excluding carboxylic acids is 2. The van der Waals surface area contributed by atoms with Crippen LogP contribution in [0.5, 0.6) is 0 Å². The van der Waals surface area contributed by atoms with E-state index in [0.717, 1.165) is 19.3 Å². The summed E-state index contributed by atoms with van der Waals surface area (Å²) in [5, 5.41) is 2.90. The van der Waals surface area contributed by atoms with Crippen molar-refractivity contribution < 1.29 is 19.1 Å². The van der Waals surface area contributed by atoms with Crippen molar-refractivity contribution in [2.24, 2.45) is 0 Å². The number of ether oxygens (including phenoxy) is 2. The van der Waals surface area contributed by atoms with E-state index in [1.807, 2.05) is 20.8 Å². The van der Waals surface area contributed by atoms with E-state index in [9.17, 15) is 9.59 Å². The molecule has 1 N–H and O–H groups in total. The first kappa shape index (κ1) is 15.0. The lowest BCUT2D eigenvalue weighted by Gasteiger charge is -2.31. The predicted molar refractivity (Wildman–Crippen MR) is 67.0 cm³/mol. The Morgan fingerprint density at radius 2 is 2.00 bits per heavy atom. The molecule has 0 bridgehead atoms. The third-order valence-corrected chi connectivity index (χ3v) is 2.61. The summed E-state index contributed by atoms with van der Waals surface area (Å²) in [5.41, 5.74) is -0.261. The summed E-state index contributed by atoms with van der Waals surface area (Å²) >= 11 is 0. The molecule has 0 aliphatic carbocycles. The summed E-state index contributed by atoms with van der Waals surface area (Å²) in [6.07, 6.45) is 1.86. The predicted octanol–water partition coefficient (Wildman–Crippen LogP) is 1.40. The highest BCUT2D eigenvalue weighted by Gasteiger charge is 2.30. The highest BCUT2D eigenvalue weighted by molar-refractivity contribution is 5.81. The Hall–Kier alpha value is -1.10. The molecule has 1 amide bonds. The Balaban J connectivity index is 2.43. The molecule has 0 saturated carbocycles. The maximum absolute atomic E-state index is 12.0. The average Bonchev–Trinajstić information content (AvgIpc) is 2.24. The second-order valence-electron chi connectivity index (χ2n) is 5.72. The number of hydrogen-bond donors (Lipinski definition) is 1. The lowest BCUT2D eigenvalue weighted by atomic mass is 10.0. The second kappa shape index (κ2) is 6.18. The molecule has 5 heteroatoms. The number of hydrogen-bond acceptors (Lipinski definition) is 4. The van der Waals surface area contributed by atoms with Gasteiger partial charge in [0.1, 0.15) is 12.7 Å². The standard InChI is InChI=1S/C13H23NO4/c1-9(15)17-8-10-6-5-7-11(18-10)12(16)14-13(2,3)4/h10-11H,5-8H2,1-4H3,(H,14,16). The molecule has 0 aromatic carbocycles. The van der Waals surface area contributed by atoms with Gasteiger partial charge in [0.25, 0.3) is 0 Å². The monoisotopic (exact) mass is 257 g/mol. The smallest absolute Gasteiger partial charge is 0.302 e. The number of amides is 1. The van der Waals surface area contributed by atoms with E-state index in [1.54, 1.807) is 0 Å².